The van der Waals surface area contributed by atoms with Crippen LogP contribution in [0.1, 0.15) is 31.2 Å². The van der Waals surface area contributed by atoms with Crippen LogP contribution in [0, 0.1) is 17.0 Å². The molecule has 0 aliphatic heterocycles. The number of benzene rings is 1. The second-order valence-corrected chi connectivity index (χ2v) is 9.06. The summed E-state index contributed by atoms with van der Waals surface area (Å²) in [6, 6.07) is 9.69. The van der Waals surface area contributed by atoms with Crippen molar-refractivity contribution >= 4 is 11.8 Å². The van der Waals surface area contributed by atoms with E-state index < -0.39 is 17.2 Å². The summed E-state index contributed by atoms with van der Waals surface area (Å²) < 4.78 is 35.6. The van der Waals surface area contributed by atoms with Crippen molar-refractivity contribution in [3.8, 4) is 22.9 Å². The number of halogens is 2. The molecule has 1 aliphatic carbocycles. The lowest BCUT2D eigenvalue weighted by molar-refractivity contribution is -0.148. The quantitative estimate of drug-likeness (QED) is 0.384. The Balaban J connectivity index is 1.50. The van der Waals surface area contributed by atoms with Gasteiger partial charge in [-0.3, -0.25) is 9.48 Å². The van der Waals surface area contributed by atoms with Crippen molar-refractivity contribution in [2.45, 2.75) is 32.2 Å². The van der Waals surface area contributed by atoms with Crippen LogP contribution >= 0.6 is 0 Å². The van der Waals surface area contributed by atoms with Gasteiger partial charge in [0.15, 0.2) is 17.5 Å². The molecule has 3 heterocycles. The smallest absolute Gasteiger partial charge is 0.311 e. The highest BCUT2D eigenvalue weighted by molar-refractivity contribution is 5.76. The molecule has 36 heavy (non-hydrogen) atoms. The van der Waals surface area contributed by atoms with Crippen molar-refractivity contribution in [2.24, 2.45) is 5.41 Å². The first-order valence-corrected chi connectivity index (χ1v) is 11.6. The van der Waals surface area contributed by atoms with E-state index in [1.807, 2.05) is 0 Å². The summed E-state index contributed by atoms with van der Waals surface area (Å²) in [6.45, 7) is 0.242. The molecular formula is C25H24F2N6O3. The first kappa shape index (κ1) is 23.6. The van der Waals surface area contributed by atoms with Crippen LogP contribution in [0.15, 0.2) is 53.4 Å². The van der Waals surface area contributed by atoms with Crippen LogP contribution in [0.4, 0.5) is 14.6 Å². The SMILES string of the molecule is CN(CC1(C(=O)O)CCCC1)c1nc(-c2cc(-c3ccon3)n(Cc3ccccc3F)n2)ncc1F. The zero-order valence-corrected chi connectivity index (χ0v) is 19.6. The van der Waals surface area contributed by atoms with Gasteiger partial charge in [0.1, 0.15) is 23.5 Å². The number of carboxylic acids is 1. The zero-order valence-electron chi connectivity index (χ0n) is 19.6. The lowest BCUT2D eigenvalue weighted by Gasteiger charge is -2.30. The number of aliphatic carboxylic acids is 1. The van der Waals surface area contributed by atoms with Crippen LogP contribution in [-0.4, -0.2) is 49.6 Å². The topological polar surface area (TPSA) is 110 Å². The van der Waals surface area contributed by atoms with Gasteiger partial charge in [0, 0.05) is 25.2 Å². The van der Waals surface area contributed by atoms with Crippen LogP contribution in [0.2, 0.25) is 0 Å². The summed E-state index contributed by atoms with van der Waals surface area (Å²) in [7, 11) is 1.62. The second kappa shape index (κ2) is 9.48. The molecule has 0 saturated heterocycles. The number of nitrogens with zero attached hydrogens (tertiary/aromatic N) is 6. The molecule has 0 atom stereocenters. The van der Waals surface area contributed by atoms with Gasteiger partial charge in [-0.1, -0.05) is 36.2 Å². The molecule has 0 unspecified atom stereocenters. The molecule has 0 amide bonds. The van der Waals surface area contributed by atoms with Crippen LogP contribution < -0.4 is 4.90 Å². The van der Waals surface area contributed by atoms with Gasteiger partial charge in [-0.2, -0.15) is 5.10 Å². The molecule has 1 N–H and O–H groups in total. The Morgan fingerprint density at radius 2 is 1.94 bits per heavy atom. The van der Waals surface area contributed by atoms with Gasteiger partial charge in [-0.25, -0.2) is 18.7 Å². The Hall–Kier alpha value is -4.15. The van der Waals surface area contributed by atoms with E-state index in [0.29, 0.717) is 35.5 Å². The van der Waals surface area contributed by atoms with E-state index in [0.717, 1.165) is 19.0 Å². The monoisotopic (exact) mass is 494 g/mol. The van der Waals surface area contributed by atoms with Crippen LogP contribution in [0.3, 0.4) is 0 Å². The Morgan fingerprint density at radius 1 is 1.17 bits per heavy atom. The molecule has 5 rings (SSSR count). The first-order valence-electron chi connectivity index (χ1n) is 11.6. The summed E-state index contributed by atoms with van der Waals surface area (Å²) in [5.41, 5.74) is 0.837. The maximum atomic E-state index is 14.8. The van der Waals surface area contributed by atoms with Gasteiger partial charge in [-0.05, 0) is 25.0 Å². The predicted molar refractivity (Wildman–Crippen MR) is 126 cm³/mol. The average molecular weight is 495 g/mol. The zero-order chi connectivity index (χ0) is 25.3. The minimum Gasteiger partial charge on any atom is -0.481 e. The standard InChI is InChI=1S/C25H24F2N6O3/c1-32(15-25(24(34)35)9-4-5-10-25)23-18(27)13-28-22(29-23)20-12-21(19-8-11-36-31-19)33(30-20)14-16-6-2-3-7-17(16)26/h2-3,6-8,11-13H,4-5,9-10,14-15H2,1H3,(H,34,35). The largest absolute Gasteiger partial charge is 0.481 e. The van der Waals surface area contributed by atoms with Crippen molar-refractivity contribution < 1.29 is 23.2 Å². The second-order valence-electron chi connectivity index (χ2n) is 9.06. The van der Waals surface area contributed by atoms with Crippen LogP contribution in [0.5, 0.6) is 0 Å². The molecule has 186 valence electrons. The van der Waals surface area contributed by atoms with Crippen molar-refractivity contribution in [3.05, 3.63) is 66.1 Å². The van der Waals surface area contributed by atoms with Crippen molar-refractivity contribution in [1.82, 2.24) is 24.9 Å². The minimum atomic E-state index is -0.937. The molecule has 1 aliphatic rings. The highest BCUT2D eigenvalue weighted by Crippen LogP contribution is 2.40. The summed E-state index contributed by atoms with van der Waals surface area (Å²) in [5.74, 6) is -1.79. The van der Waals surface area contributed by atoms with Gasteiger partial charge in [0.05, 0.1) is 23.9 Å². The van der Waals surface area contributed by atoms with E-state index >= 15 is 0 Å². The molecule has 0 spiro atoms. The normalized spacial score (nSPS) is 14.8. The average Bonchev–Trinajstić information content (AvgIpc) is 3.62. The Morgan fingerprint density at radius 3 is 2.64 bits per heavy atom. The minimum absolute atomic E-state index is 0.0147. The van der Waals surface area contributed by atoms with E-state index in [-0.39, 0.29) is 30.5 Å². The number of hydrogen-bond donors (Lipinski definition) is 1. The highest BCUT2D eigenvalue weighted by atomic mass is 19.1. The van der Waals surface area contributed by atoms with E-state index in [1.165, 1.54) is 17.2 Å². The fourth-order valence-corrected chi connectivity index (χ4v) is 4.75. The van der Waals surface area contributed by atoms with Crippen LogP contribution in [0.25, 0.3) is 22.9 Å². The molecule has 11 heteroatoms. The van der Waals surface area contributed by atoms with Crippen molar-refractivity contribution in [3.63, 3.8) is 0 Å². The third-order valence-corrected chi connectivity index (χ3v) is 6.63. The third kappa shape index (κ3) is 4.43. The van der Waals surface area contributed by atoms with Gasteiger partial charge >= 0.3 is 5.97 Å². The number of anilines is 1. The molecule has 1 saturated carbocycles. The lowest BCUT2D eigenvalue weighted by atomic mass is 9.86. The van der Waals surface area contributed by atoms with E-state index in [4.69, 9.17) is 4.52 Å². The number of carboxylic acid groups (broad SMARTS) is 1. The lowest BCUT2D eigenvalue weighted by Crippen LogP contribution is -2.40. The van der Waals surface area contributed by atoms with Gasteiger partial charge in [0.25, 0.3) is 0 Å². The van der Waals surface area contributed by atoms with Crippen molar-refractivity contribution in [2.75, 3.05) is 18.5 Å². The molecule has 0 radical (unpaired) electrons. The van der Waals surface area contributed by atoms with E-state index in [2.05, 4.69) is 20.2 Å². The number of hydrogen-bond acceptors (Lipinski definition) is 7. The first-order chi connectivity index (χ1) is 17.4. The fraction of sp³-hybridized carbons (Fsp3) is 0.320. The molecule has 9 nitrogen and oxygen atoms in total. The van der Waals surface area contributed by atoms with Gasteiger partial charge in [0.2, 0.25) is 0 Å². The molecule has 4 aromatic rings. The van der Waals surface area contributed by atoms with Crippen molar-refractivity contribution in [1.29, 1.82) is 0 Å². The predicted octanol–water partition coefficient (Wildman–Crippen LogP) is 4.40. The Labute approximate surface area is 205 Å². The molecule has 1 aromatic carbocycles. The molecular weight excluding hydrogens is 470 g/mol. The summed E-state index contributed by atoms with van der Waals surface area (Å²) >= 11 is 0. The number of aromatic nitrogens is 5. The summed E-state index contributed by atoms with van der Waals surface area (Å²) in [6.07, 6.45) is 5.17. The number of rotatable bonds is 8. The summed E-state index contributed by atoms with van der Waals surface area (Å²) in [5, 5.41) is 18.3. The van der Waals surface area contributed by atoms with Crippen LogP contribution in [-0.2, 0) is 11.3 Å². The Kier molecular flexibility index (Phi) is 6.21. The number of carbonyl (C=O) groups is 1. The van der Waals surface area contributed by atoms with E-state index in [9.17, 15) is 18.7 Å². The maximum Gasteiger partial charge on any atom is 0.311 e. The molecule has 0 bridgehead atoms. The maximum absolute atomic E-state index is 14.8. The molecule has 1 fully saturated rings. The molecule has 3 aromatic heterocycles. The van der Waals surface area contributed by atoms with E-state index in [1.54, 1.807) is 42.1 Å². The Bertz CT molecular complexity index is 1380. The summed E-state index contributed by atoms with van der Waals surface area (Å²) in [4.78, 5) is 22.0. The van der Waals surface area contributed by atoms with Gasteiger partial charge in [-0.15, -0.1) is 0 Å². The third-order valence-electron chi connectivity index (χ3n) is 6.63. The van der Waals surface area contributed by atoms with Gasteiger partial charge < -0.3 is 14.5 Å². The highest BCUT2D eigenvalue weighted by Gasteiger charge is 2.42. The fourth-order valence-electron chi connectivity index (χ4n) is 4.75.